The molecule has 0 unspecified atom stereocenters. The second-order valence-electron chi connectivity index (χ2n) is 3.88. The quantitative estimate of drug-likeness (QED) is 0.796. The van der Waals surface area contributed by atoms with Crippen molar-refractivity contribution >= 4 is 22.6 Å². The van der Waals surface area contributed by atoms with Crippen molar-refractivity contribution in [3.8, 4) is 11.4 Å². The smallest absolute Gasteiger partial charge is 0.126 e. The number of aromatic nitrogens is 4. The molecule has 0 spiro atoms. The lowest BCUT2D eigenvalue weighted by Gasteiger charge is -2.06. The molecule has 5 heteroatoms. The van der Waals surface area contributed by atoms with Gasteiger partial charge in [0.05, 0.1) is 9.77 Å². The van der Waals surface area contributed by atoms with Crippen LogP contribution in [0, 0.1) is 10.5 Å². The molecule has 0 aliphatic heterocycles. The lowest BCUT2D eigenvalue weighted by atomic mass is 10.3. The summed E-state index contributed by atoms with van der Waals surface area (Å²) in [7, 11) is 0. The van der Waals surface area contributed by atoms with Crippen molar-refractivity contribution in [2.75, 3.05) is 0 Å². The van der Waals surface area contributed by atoms with Crippen molar-refractivity contribution in [2.45, 2.75) is 26.8 Å². The summed E-state index contributed by atoms with van der Waals surface area (Å²) in [6.45, 7) is 6.32. The molecule has 4 nitrogen and oxygen atoms in total. The van der Waals surface area contributed by atoms with Gasteiger partial charge in [-0.05, 0) is 43.4 Å². The van der Waals surface area contributed by atoms with Crippen LogP contribution in [-0.4, -0.2) is 19.7 Å². The Morgan fingerprint density at radius 1 is 1.31 bits per heavy atom. The van der Waals surface area contributed by atoms with Gasteiger partial charge in [0.15, 0.2) is 0 Å². The lowest BCUT2D eigenvalue weighted by Crippen LogP contribution is -2.04. The van der Waals surface area contributed by atoms with Crippen molar-refractivity contribution in [3.63, 3.8) is 0 Å². The van der Waals surface area contributed by atoms with Crippen molar-refractivity contribution in [1.82, 2.24) is 19.7 Å². The van der Waals surface area contributed by atoms with Gasteiger partial charge in [-0.25, -0.2) is 0 Å². The summed E-state index contributed by atoms with van der Waals surface area (Å²) >= 11 is 2.31. The fraction of sp³-hybridized carbons (Fsp3) is 0.364. The Morgan fingerprint density at radius 3 is 2.56 bits per heavy atom. The first-order chi connectivity index (χ1) is 7.61. The maximum Gasteiger partial charge on any atom is 0.126 e. The van der Waals surface area contributed by atoms with E-state index in [9.17, 15) is 0 Å². The van der Waals surface area contributed by atoms with Gasteiger partial charge in [0.1, 0.15) is 11.4 Å². The molecule has 2 aromatic rings. The van der Waals surface area contributed by atoms with Crippen molar-refractivity contribution in [2.24, 2.45) is 0 Å². The molecule has 0 N–H and O–H groups in total. The zero-order valence-corrected chi connectivity index (χ0v) is 11.6. The molecule has 2 aromatic heterocycles. The molecule has 2 heterocycles. The first-order valence-electron chi connectivity index (χ1n) is 5.12. The van der Waals surface area contributed by atoms with Crippen LogP contribution < -0.4 is 0 Å². The molecule has 0 atom stereocenters. The van der Waals surface area contributed by atoms with Gasteiger partial charge in [0, 0.05) is 24.1 Å². The van der Waals surface area contributed by atoms with E-state index in [1.165, 1.54) is 5.69 Å². The van der Waals surface area contributed by atoms with Crippen LogP contribution in [0.3, 0.4) is 0 Å². The van der Waals surface area contributed by atoms with E-state index < -0.39 is 0 Å². The van der Waals surface area contributed by atoms with Crippen LogP contribution in [0.4, 0.5) is 0 Å². The Morgan fingerprint density at radius 2 is 2.06 bits per heavy atom. The molecule has 0 saturated heterocycles. The summed E-state index contributed by atoms with van der Waals surface area (Å²) in [4.78, 5) is 8.35. The maximum absolute atomic E-state index is 4.59. The predicted octanol–water partition coefficient (Wildman–Crippen LogP) is 2.83. The third-order valence-electron chi connectivity index (χ3n) is 2.37. The highest BCUT2D eigenvalue weighted by Crippen LogP contribution is 2.26. The Kier molecular flexibility index (Phi) is 3.22. The van der Waals surface area contributed by atoms with Gasteiger partial charge in [-0.2, -0.15) is 5.10 Å². The van der Waals surface area contributed by atoms with E-state index in [1.54, 1.807) is 18.6 Å². The standard InChI is InChI=1S/C11H13IN4/c1-7(2)16-8(3)10(12)11(15-16)9-6-13-4-5-14-9/h4-7H,1-3H3. The van der Waals surface area contributed by atoms with Crippen LogP contribution in [-0.2, 0) is 0 Å². The average Bonchev–Trinajstić information content (AvgIpc) is 2.58. The maximum atomic E-state index is 4.59. The van der Waals surface area contributed by atoms with E-state index in [4.69, 9.17) is 0 Å². The van der Waals surface area contributed by atoms with E-state index in [0.29, 0.717) is 6.04 Å². The summed E-state index contributed by atoms with van der Waals surface area (Å²) in [6, 6.07) is 0.360. The van der Waals surface area contributed by atoms with Crippen molar-refractivity contribution in [1.29, 1.82) is 0 Å². The summed E-state index contributed by atoms with van der Waals surface area (Å²) in [6.07, 6.45) is 5.10. The molecular weight excluding hydrogens is 315 g/mol. The van der Waals surface area contributed by atoms with Gasteiger partial charge in [0.25, 0.3) is 0 Å². The number of nitrogens with zero attached hydrogens (tertiary/aromatic N) is 4. The molecular formula is C11H13IN4. The minimum absolute atomic E-state index is 0.360. The van der Waals surface area contributed by atoms with Crippen LogP contribution in [0.25, 0.3) is 11.4 Å². The highest BCUT2D eigenvalue weighted by atomic mass is 127. The molecule has 16 heavy (non-hydrogen) atoms. The highest BCUT2D eigenvalue weighted by Gasteiger charge is 2.16. The second kappa shape index (κ2) is 4.48. The Bertz CT molecular complexity index is 490. The van der Waals surface area contributed by atoms with E-state index in [0.717, 1.165) is 15.0 Å². The predicted molar refractivity (Wildman–Crippen MR) is 71.1 cm³/mol. The van der Waals surface area contributed by atoms with Gasteiger partial charge in [-0.1, -0.05) is 0 Å². The first-order valence-corrected chi connectivity index (χ1v) is 6.20. The third-order valence-corrected chi connectivity index (χ3v) is 3.66. The van der Waals surface area contributed by atoms with E-state index in [-0.39, 0.29) is 0 Å². The number of halogens is 1. The molecule has 84 valence electrons. The minimum atomic E-state index is 0.360. The van der Waals surface area contributed by atoms with Crippen molar-refractivity contribution in [3.05, 3.63) is 27.9 Å². The fourth-order valence-corrected chi connectivity index (χ4v) is 2.22. The molecule has 0 aliphatic carbocycles. The van der Waals surface area contributed by atoms with Gasteiger partial charge in [0.2, 0.25) is 0 Å². The normalized spacial score (nSPS) is 11.1. The van der Waals surface area contributed by atoms with Crippen molar-refractivity contribution < 1.29 is 0 Å². The van der Waals surface area contributed by atoms with Crippen LogP contribution in [0.1, 0.15) is 25.6 Å². The van der Waals surface area contributed by atoms with E-state index >= 15 is 0 Å². The molecule has 2 rings (SSSR count). The zero-order valence-electron chi connectivity index (χ0n) is 9.48. The average molecular weight is 328 g/mol. The fourth-order valence-electron chi connectivity index (χ4n) is 1.59. The van der Waals surface area contributed by atoms with Gasteiger partial charge in [-0.3, -0.25) is 14.6 Å². The molecule has 0 aromatic carbocycles. The zero-order chi connectivity index (χ0) is 11.7. The third kappa shape index (κ3) is 1.95. The van der Waals surface area contributed by atoms with E-state index in [2.05, 4.69) is 58.4 Å². The molecule has 0 amide bonds. The summed E-state index contributed by atoms with van der Waals surface area (Å²) in [5, 5.41) is 4.59. The number of hydrogen-bond acceptors (Lipinski definition) is 3. The molecule has 0 bridgehead atoms. The lowest BCUT2D eigenvalue weighted by molar-refractivity contribution is 0.520. The number of hydrogen-bond donors (Lipinski definition) is 0. The molecule has 0 radical (unpaired) electrons. The Balaban J connectivity index is 2.55. The molecule has 0 fully saturated rings. The highest BCUT2D eigenvalue weighted by molar-refractivity contribution is 14.1. The SMILES string of the molecule is Cc1c(I)c(-c2cnccn2)nn1C(C)C. The van der Waals surface area contributed by atoms with Gasteiger partial charge in [-0.15, -0.1) is 0 Å². The topological polar surface area (TPSA) is 43.6 Å². The monoisotopic (exact) mass is 328 g/mol. The second-order valence-corrected chi connectivity index (χ2v) is 4.96. The Hall–Kier alpha value is -0.980. The first kappa shape index (κ1) is 11.5. The molecule has 0 aliphatic rings. The van der Waals surface area contributed by atoms with Crippen LogP contribution in [0.2, 0.25) is 0 Å². The summed E-state index contributed by atoms with van der Waals surface area (Å²) < 4.78 is 3.16. The minimum Gasteiger partial charge on any atom is -0.266 e. The molecule has 0 saturated carbocycles. The van der Waals surface area contributed by atoms with Gasteiger partial charge < -0.3 is 0 Å². The van der Waals surface area contributed by atoms with Crippen LogP contribution >= 0.6 is 22.6 Å². The Labute approximate surface area is 108 Å². The number of rotatable bonds is 2. The largest absolute Gasteiger partial charge is 0.266 e. The van der Waals surface area contributed by atoms with Gasteiger partial charge >= 0.3 is 0 Å². The summed E-state index contributed by atoms with van der Waals surface area (Å²) in [5.74, 6) is 0. The summed E-state index contributed by atoms with van der Waals surface area (Å²) in [5.41, 5.74) is 2.92. The van der Waals surface area contributed by atoms with E-state index in [1.807, 2.05) is 4.68 Å². The van der Waals surface area contributed by atoms with Crippen LogP contribution in [0.5, 0.6) is 0 Å². The van der Waals surface area contributed by atoms with Crippen LogP contribution in [0.15, 0.2) is 18.6 Å².